The summed E-state index contributed by atoms with van der Waals surface area (Å²) in [6.07, 6.45) is -0.962. The maximum Gasteiger partial charge on any atom is 0.357 e. The number of fused-ring (bicyclic) bond motifs is 1. The van der Waals surface area contributed by atoms with Crippen LogP contribution in [-0.4, -0.2) is 37.2 Å². The van der Waals surface area contributed by atoms with Gasteiger partial charge in [0, 0.05) is 11.9 Å². The van der Waals surface area contributed by atoms with Crippen molar-refractivity contribution in [3.05, 3.63) is 65.9 Å². The summed E-state index contributed by atoms with van der Waals surface area (Å²) in [5, 5.41) is 3.66. The Balaban J connectivity index is 1.59. The lowest BCUT2D eigenvalue weighted by Gasteiger charge is -2.14. The fourth-order valence-corrected chi connectivity index (χ4v) is 2.78. The Hall–Kier alpha value is -3.61. The number of esters is 1. The van der Waals surface area contributed by atoms with Crippen molar-refractivity contribution in [3.8, 4) is 11.5 Å². The minimum absolute atomic E-state index is 0.156. The van der Waals surface area contributed by atoms with Gasteiger partial charge in [-0.1, -0.05) is 30.3 Å². The molecule has 0 spiro atoms. The number of benzene rings is 2. The van der Waals surface area contributed by atoms with Crippen molar-refractivity contribution >= 4 is 22.8 Å². The van der Waals surface area contributed by atoms with E-state index in [9.17, 15) is 9.59 Å². The summed E-state index contributed by atoms with van der Waals surface area (Å²) in [6, 6.07) is 16.2. The normalized spacial score (nSPS) is 11.6. The molecule has 7 nitrogen and oxygen atoms in total. The topological polar surface area (TPSA) is 86.8 Å². The Morgan fingerprint density at radius 1 is 1.00 bits per heavy atom. The second-order valence-corrected chi connectivity index (χ2v) is 6.34. The Labute approximate surface area is 168 Å². The first kappa shape index (κ1) is 20.1. The number of nitrogens with zero attached hydrogens (tertiary/aromatic N) is 1. The lowest BCUT2D eigenvalue weighted by Crippen LogP contribution is -2.35. The van der Waals surface area contributed by atoms with E-state index in [1.165, 1.54) is 6.92 Å². The van der Waals surface area contributed by atoms with Crippen molar-refractivity contribution in [1.29, 1.82) is 0 Å². The molecule has 1 heterocycles. The Bertz CT molecular complexity index is 1030. The maximum absolute atomic E-state index is 12.3. The van der Waals surface area contributed by atoms with Gasteiger partial charge in [-0.3, -0.25) is 4.79 Å². The molecule has 150 valence electrons. The van der Waals surface area contributed by atoms with Crippen LogP contribution in [0.5, 0.6) is 11.5 Å². The monoisotopic (exact) mass is 394 g/mol. The number of ether oxygens (including phenoxy) is 3. The lowest BCUT2D eigenvalue weighted by atomic mass is 10.2. The molecule has 2 aromatic carbocycles. The van der Waals surface area contributed by atoms with Gasteiger partial charge in [0.2, 0.25) is 0 Å². The van der Waals surface area contributed by atoms with Gasteiger partial charge in [-0.2, -0.15) is 0 Å². The van der Waals surface area contributed by atoms with E-state index in [4.69, 9.17) is 14.2 Å². The van der Waals surface area contributed by atoms with Crippen molar-refractivity contribution in [2.45, 2.75) is 19.6 Å². The lowest BCUT2D eigenvalue weighted by molar-refractivity contribution is -0.129. The van der Waals surface area contributed by atoms with Crippen molar-refractivity contribution in [2.24, 2.45) is 0 Å². The first-order valence-corrected chi connectivity index (χ1v) is 9.07. The molecule has 0 aliphatic rings. The van der Waals surface area contributed by atoms with Crippen LogP contribution < -0.4 is 14.8 Å². The van der Waals surface area contributed by atoms with Crippen molar-refractivity contribution < 1.29 is 23.8 Å². The average molecular weight is 394 g/mol. The maximum atomic E-state index is 12.3. The van der Waals surface area contributed by atoms with Crippen LogP contribution in [0, 0.1) is 0 Å². The minimum atomic E-state index is -0.962. The minimum Gasteiger partial charge on any atom is -0.493 e. The molecule has 29 heavy (non-hydrogen) atoms. The number of aromatic nitrogens is 1. The van der Waals surface area contributed by atoms with E-state index in [0.29, 0.717) is 17.0 Å². The fraction of sp³-hybridized carbons (Fsp3) is 0.227. The number of carbonyl (C=O) groups is 2. The van der Waals surface area contributed by atoms with E-state index in [0.717, 1.165) is 10.9 Å². The number of amides is 1. The second kappa shape index (κ2) is 9.05. The molecule has 0 bridgehead atoms. The van der Waals surface area contributed by atoms with Crippen LogP contribution in [-0.2, 0) is 16.1 Å². The van der Waals surface area contributed by atoms with Gasteiger partial charge in [0.05, 0.1) is 19.7 Å². The molecule has 3 rings (SSSR count). The number of methoxy groups -OCH3 is 2. The molecule has 0 saturated heterocycles. The number of hydrogen-bond donors (Lipinski definition) is 1. The quantitative estimate of drug-likeness (QED) is 0.620. The van der Waals surface area contributed by atoms with E-state index >= 15 is 0 Å². The van der Waals surface area contributed by atoms with Crippen LogP contribution in [0.2, 0.25) is 0 Å². The van der Waals surface area contributed by atoms with E-state index in [2.05, 4.69) is 10.3 Å². The highest BCUT2D eigenvalue weighted by molar-refractivity contribution is 5.93. The van der Waals surface area contributed by atoms with Crippen molar-refractivity contribution in [2.75, 3.05) is 14.2 Å². The van der Waals surface area contributed by atoms with Crippen LogP contribution in [0.3, 0.4) is 0 Å². The zero-order valence-corrected chi connectivity index (χ0v) is 16.5. The van der Waals surface area contributed by atoms with Crippen LogP contribution in [0.1, 0.15) is 23.0 Å². The predicted octanol–water partition coefficient (Wildman–Crippen LogP) is 3.11. The SMILES string of the molecule is COc1ccc(CNC(=O)C(C)OC(=O)c2ccc3ccccc3n2)cc1OC. The van der Waals surface area contributed by atoms with Crippen molar-refractivity contribution in [3.63, 3.8) is 0 Å². The summed E-state index contributed by atoms with van der Waals surface area (Å²) in [4.78, 5) is 28.9. The number of nitrogens with one attached hydrogen (secondary N) is 1. The molecule has 7 heteroatoms. The summed E-state index contributed by atoms with van der Waals surface area (Å²) in [5.41, 5.74) is 1.67. The van der Waals surface area contributed by atoms with Crippen molar-refractivity contribution in [1.82, 2.24) is 10.3 Å². The number of carbonyl (C=O) groups excluding carboxylic acids is 2. The van der Waals surface area contributed by atoms with Gasteiger partial charge in [0.1, 0.15) is 5.69 Å². The summed E-state index contributed by atoms with van der Waals surface area (Å²) in [6.45, 7) is 1.78. The summed E-state index contributed by atoms with van der Waals surface area (Å²) >= 11 is 0. The van der Waals surface area contributed by atoms with Gasteiger partial charge in [-0.05, 0) is 36.8 Å². The first-order valence-electron chi connectivity index (χ1n) is 9.07. The predicted molar refractivity (Wildman–Crippen MR) is 108 cm³/mol. The molecular weight excluding hydrogens is 372 g/mol. The highest BCUT2D eigenvalue weighted by Crippen LogP contribution is 2.27. The third-order valence-electron chi connectivity index (χ3n) is 4.38. The number of para-hydroxylation sites is 1. The van der Waals surface area contributed by atoms with Crippen LogP contribution >= 0.6 is 0 Å². The zero-order chi connectivity index (χ0) is 20.8. The largest absolute Gasteiger partial charge is 0.493 e. The smallest absolute Gasteiger partial charge is 0.357 e. The zero-order valence-electron chi connectivity index (χ0n) is 16.5. The molecule has 1 amide bonds. The molecule has 0 aliphatic heterocycles. The van der Waals surface area contributed by atoms with E-state index in [1.807, 2.05) is 30.3 Å². The van der Waals surface area contributed by atoms with Gasteiger partial charge >= 0.3 is 5.97 Å². The standard InChI is InChI=1S/C22H22N2O5/c1-14(21(25)23-13-15-8-11-19(27-2)20(12-15)28-3)29-22(26)18-10-9-16-6-4-5-7-17(16)24-18/h4-12,14H,13H2,1-3H3,(H,23,25). The molecule has 3 aromatic rings. The molecule has 0 aliphatic carbocycles. The summed E-state index contributed by atoms with van der Waals surface area (Å²) in [5.74, 6) is 0.118. The fourth-order valence-electron chi connectivity index (χ4n) is 2.78. The van der Waals surface area contributed by atoms with Gasteiger partial charge in [0.15, 0.2) is 17.6 Å². The van der Waals surface area contributed by atoms with E-state index < -0.39 is 18.0 Å². The Morgan fingerprint density at radius 2 is 1.76 bits per heavy atom. The number of hydrogen-bond acceptors (Lipinski definition) is 6. The van der Waals surface area contributed by atoms with Crippen LogP contribution in [0.15, 0.2) is 54.6 Å². The molecular formula is C22H22N2O5. The third-order valence-corrected chi connectivity index (χ3v) is 4.38. The molecule has 1 atom stereocenters. The first-order chi connectivity index (χ1) is 14.0. The Morgan fingerprint density at radius 3 is 2.52 bits per heavy atom. The second-order valence-electron chi connectivity index (χ2n) is 6.34. The van der Waals surface area contributed by atoms with Gasteiger partial charge in [-0.25, -0.2) is 9.78 Å². The highest BCUT2D eigenvalue weighted by atomic mass is 16.5. The average Bonchev–Trinajstić information content (AvgIpc) is 2.76. The number of pyridine rings is 1. The van der Waals surface area contributed by atoms with E-state index in [1.54, 1.807) is 38.5 Å². The van der Waals surface area contributed by atoms with Crippen LogP contribution in [0.4, 0.5) is 0 Å². The molecule has 1 aromatic heterocycles. The highest BCUT2D eigenvalue weighted by Gasteiger charge is 2.20. The van der Waals surface area contributed by atoms with Crippen LogP contribution in [0.25, 0.3) is 10.9 Å². The van der Waals surface area contributed by atoms with Gasteiger partial charge in [-0.15, -0.1) is 0 Å². The molecule has 0 radical (unpaired) electrons. The molecule has 0 fully saturated rings. The molecule has 0 saturated carbocycles. The summed E-state index contributed by atoms with van der Waals surface area (Å²) < 4.78 is 15.7. The third kappa shape index (κ3) is 4.82. The summed E-state index contributed by atoms with van der Waals surface area (Å²) in [7, 11) is 3.10. The Kier molecular flexibility index (Phi) is 6.29. The number of rotatable bonds is 7. The van der Waals surface area contributed by atoms with E-state index in [-0.39, 0.29) is 12.2 Å². The van der Waals surface area contributed by atoms with Gasteiger partial charge < -0.3 is 19.5 Å². The molecule has 1 unspecified atom stereocenters. The van der Waals surface area contributed by atoms with Gasteiger partial charge in [0.25, 0.3) is 5.91 Å². The molecule has 1 N–H and O–H groups in total.